The number of anilines is 1. The Labute approximate surface area is 135 Å². The van der Waals surface area contributed by atoms with E-state index in [2.05, 4.69) is 5.32 Å². The number of amides is 1. The number of benzene rings is 2. The third kappa shape index (κ3) is 5.39. The van der Waals surface area contributed by atoms with Crippen molar-refractivity contribution in [3.63, 3.8) is 0 Å². The van der Waals surface area contributed by atoms with Crippen LogP contribution in [0.15, 0.2) is 48.5 Å². The summed E-state index contributed by atoms with van der Waals surface area (Å²) in [5.41, 5.74) is 1.63. The van der Waals surface area contributed by atoms with E-state index in [4.69, 9.17) is 9.88 Å². The van der Waals surface area contributed by atoms with Crippen LogP contribution in [0.3, 0.4) is 0 Å². The maximum Gasteiger partial charge on any atom is 0.255 e. The average molecular weight is 334 g/mol. The third-order valence-electron chi connectivity index (χ3n) is 3.01. The van der Waals surface area contributed by atoms with E-state index in [-0.39, 0.29) is 11.7 Å². The molecule has 0 aromatic heterocycles. The van der Waals surface area contributed by atoms with E-state index in [1.54, 1.807) is 48.5 Å². The maximum absolute atomic E-state index is 12.1. The van der Waals surface area contributed by atoms with E-state index in [1.165, 1.54) is 0 Å². The summed E-state index contributed by atoms with van der Waals surface area (Å²) in [6.45, 7) is 2.45. The zero-order valence-electron chi connectivity index (χ0n) is 12.7. The van der Waals surface area contributed by atoms with Gasteiger partial charge in [-0.15, -0.1) is 0 Å². The quantitative estimate of drug-likeness (QED) is 0.845. The van der Waals surface area contributed by atoms with Crippen molar-refractivity contribution in [1.82, 2.24) is 0 Å². The van der Waals surface area contributed by atoms with Crippen molar-refractivity contribution in [3.05, 3.63) is 59.7 Å². The topological polar surface area (TPSA) is 98.5 Å². The molecule has 7 heteroatoms. The van der Waals surface area contributed by atoms with Crippen molar-refractivity contribution in [2.75, 3.05) is 11.9 Å². The molecule has 0 aliphatic carbocycles. The summed E-state index contributed by atoms with van der Waals surface area (Å²) in [7, 11) is -3.56. The Morgan fingerprint density at radius 3 is 2.22 bits per heavy atom. The Bertz CT molecular complexity index is 769. The largest absolute Gasteiger partial charge is 0.494 e. The molecule has 0 heterocycles. The molecule has 0 bridgehead atoms. The lowest BCUT2D eigenvalue weighted by Gasteiger charge is -2.07. The molecule has 0 spiro atoms. The molecule has 1 amide bonds. The molecule has 2 rings (SSSR count). The van der Waals surface area contributed by atoms with E-state index in [0.29, 0.717) is 29.2 Å². The van der Waals surface area contributed by atoms with E-state index >= 15 is 0 Å². The van der Waals surface area contributed by atoms with Crippen LogP contribution in [-0.4, -0.2) is 20.9 Å². The van der Waals surface area contributed by atoms with E-state index in [1.807, 2.05) is 6.92 Å². The second kappa shape index (κ2) is 7.26. The van der Waals surface area contributed by atoms with Crippen LogP contribution in [0.2, 0.25) is 0 Å². The van der Waals surface area contributed by atoms with E-state index in [0.717, 1.165) is 0 Å². The Hall–Kier alpha value is -2.38. The first-order chi connectivity index (χ1) is 10.9. The van der Waals surface area contributed by atoms with Gasteiger partial charge in [-0.1, -0.05) is 12.1 Å². The number of nitrogens with two attached hydrogens (primary N) is 1. The molecule has 0 saturated carbocycles. The molecule has 0 aliphatic rings. The number of hydrogen-bond donors (Lipinski definition) is 2. The minimum absolute atomic E-state index is 0.236. The van der Waals surface area contributed by atoms with Gasteiger partial charge >= 0.3 is 0 Å². The smallest absolute Gasteiger partial charge is 0.255 e. The van der Waals surface area contributed by atoms with E-state index in [9.17, 15) is 13.2 Å². The van der Waals surface area contributed by atoms with Crippen molar-refractivity contribution in [1.29, 1.82) is 0 Å². The number of ether oxygens (including phenoxy) is 1. The SMILES string of the molecule is CCOc1ccc(C(=O)Nc2ccc(CS(N)(=O)=O)cc2)cc1. The van der Waals surface area contributed by atoms with E-state index < -0.39 is 10.0 Å². The van der Waals surface area contributed by atoms with Crippen LogP contribution in [0.1, 0.15) is 22.8 Å². The van der Waals surface area contributed by atoms with Gasteiger partial charge in [-0.2, -0.15) is 0 Å². The summed E-state index contributed by atoms with van der Waals surface area (Å²) in [5, 5.41) is 7.73. The lowest BCUT2D eigenvalue weighted by molar-refractivity contribution is 0.102. The molecule has 0 atom stereocenters. The highest BCUT2D eigenvalue weighted by Gasteiger charge is 2.08. The van der Waals surface area contributed by atoms with Crippen LogP contribution in [0.25, 0.3) is 0 Å². The fraction of sp³-hybridized carbons (Fsp3) is 0.188. The zero-order valence-corrected chi connectivity index (χ0v) is 13.5. The Morgan fingerprint density at radius 1 is 1.09 bits per heavy atom. The average Bonchev–Trinajstić information content (AvgIpc) is 2.49. The first kappa shape index (κ1) is 17.0. The summed E-state index contributed by atoms with van der Waals surface area (Å²) >= 11 is 0. The third-order valence-corrected chi connectivity index (χ3v) is 3.74. The van der Waals surface area contributed by atoms with Crippen molar-refractivity contribution >= 4 is 21.6 Å². The lowest BCUT2D eigenvalue weighted by Crippen LogP contribution is -2.15. The number of sulfonamides is 1. The van der Waals surface area contributed by atoms with Crippen LogP contribution in [-0.2, 0) is 15.8 Å². The van der Waals surface area contributed by atoms with Crippen LogP contribution in [0.4, 0.5) is 5.69 Å². The predicted molar refractivity (Wildman–Crippen MR) is 88.8 cm³/mol. The highest BCUT2D eigenvalue weighted by molar-refractivity contribution is 7.88. The predicted octanol–water partition coefficient (Wildman–Crippen LogP) is 2.13. The van der Waals surface area contributed by atoms with Crippen molar-refractivity contribution in [2.45, 2.75) is 12.7 Å². The molecule has 0 aliphatic heterocycles. The second-order valence-electron chi connectivity index (χ2n) is 4.92. The molecular weight excluding hydrogens is 316 g/mol. The number of nitrogens with one attached hydrogen (secondary N) is 1. The molecule has 0 unspecified atom stereocenters. The molecule has 6 nitrogen and oxygen atoms in total. The summed E-state index contributed by atoms with van der Waals surface area (Å²) in [5.74, 6) is 0.212. The van der Waals surface area contributed by atoms with Gasteiger partial charge in [-0.05, 0) is 48.9 Å². The summed E-state index contributed by atoms with van der Waals surface area (Å²) < 4.78 is 27.4. The first-order valence-electron chi connectivity index (χ1n) is 7.01. The molecule has 23 heavy (non-hydrogen) atoms. The number of hydrogen-bond acceptors (Lipinski definition) is 4. The van der Waals surface area contributed by atoms with Crippen LogP contribution in [0, 0.1) is 0 Å². The minimum atomic E-state index is -3.56. The highest BCUT2D eigenvalue weighted by Crippen LogP contribution is 2.15. The normalized spacial score (nSPS) is 11.0. The van der Waals surface area contributed by atoms with Crippen molar-refractivity contribution in [3.8, 4) is 5.75 Å². The number of rotatable bonds is 6. The van der Waals surface area contributed by atoms with Gasteiger partial charge in [0.15, 0.2) is 0 Å². The summed E-state index contributed by atoms with van der Waals surface area (Å²) in [4.78, 5) is 12.1. The highest BCUT2D eigenvalue weighted by atomic mass is 32.2. The van der Waals surface area contributed by atoms with Gasteiger partial charge in [0, 0.05) is 11.3 Å². The Balaban J connectivity index is 2.02. The fourth-order valence-corrected chi connectivity index (χ4v) is 2.65. The monoisotopic (exact) mass is 334 g/mol. The van der Waals surface area contributed by atoms with Gasteiger partial charge in [0.05, 0.1) is 12.4 Å². The molecule has 2 aromatic rings. The molecule has 0 radical (unpaired) electrons. The fourth-order valence-electron chi connectivity index (χ4n) is 1.99. The zero-order chi connectivity index (χ0) is 16.9. The molecular formula is C16H18N2O4S. The molecule has 0 fully saturated rings. The lowest BCUT2D eigenvalue weighted by atomic mass is 10.2. The van der Waals surface area contributed by atoms with Gasteiger partial charge in [-0.25, -0.2) is 13.6 Å². The van der Waals surface area contributed by atoms with Gasteiger partial charge in [0.1, 0.15) is 5.75 Å². The Kier molecular flexibility index (Phi) is 5.36. The molecule has 2 aromatic carbocycles. The first-order valence-corrected chi connectivity index (χ1v) is 8.72. The van der Waals surface area contributed by atoms with Crippen LogP contribution >= 0.6 is 0 Å². The van der Waals surface area contributed by atoms with Gasteiger partial charge in [0.25, 0.3) is 5.91 Å². The number of carbonyl (C=O) groups excluding carboxylic acids is 1. The van der Waals surface area contributed by atoms with Gasteiger partial charge in [-0.3, -0.25) is 4.79 Å². The van der Waals surface area contributed by atoms with Crippen molar-refractivity contribution < 1.29 is 17.9 Å². The van der Waals surface area contributed by atoms with Gasteiger partial charge in [0.2, 0.25) is 10.0 Å². The Morgan fingerprint density at radius 2 is 1.70 bits per heavy atom. The maximum atomic E-state index is 12.1. The van der Waals surface area contributed by atoms with Gasteiger partial charge < -0.3 is 10.1 Å². The minimum Gasteiger partial charge on any atom is -0.494 e. The number of primary sulfonamides is 1. The summed E-state index contributed by atoms with van der Waals surface area (Å²) in [6, 6.07) is 13.3. The van der Waals surface area contributed by atoms with Crippen LogP contribution in [0.5, 0.6) is 5.75 Å². The van der Waals surface area contributed by atoms with Crippen LogP contribution < -0.4 is 15.2 Å². The number of carbonyl (C=O) groups is 1. The van der Waals surface area contributed by atoms with Crippen molar-refractivity contribution in [2.24, 2.45) is 5.14 Å². The molecule has 0 saturated heterocycles. The second-order valence-corrected chi connectivity index (χ2v) is 6.53. The summed E-state index contributed by atoms with van der Waals surface area (Å²) in [6.07, 6.45) is 0. The molecule has 122 valence electrons. The standard InChI is InChI=1S/C16H18N2O4S/c1-2-22-15-9-5-13(6-10-15)16(19)18-14-7-3-12(4-8-14)11-23(17,20)21/h3-10H,2,11H2,1H3,(H,18,19)(H2,17,20,21). The molecule has 3 N–H and O–H groups in total.